The zero-order chi connectivity index (χ0) is 13.8. The SMILES string of the molecule is N/C=C/CC1(c2ccccc2)CCCc2ccccc21. The minimum atomic E-state index is 0.0893. The van der Waals surface area contributed by atoms with E-state index in [0.29, 0.717) is 0 Å². The molecule has 0 heterocycles. The smallest absolute Gasteiger partial charge is 0.0240 e. The van der Waals surface area contributed by atoms with E-state index in [1.807, 2.05) is 0 Å². The zero-order valence-electron chi connectivity index (χ0n) is 11.8. The van der Waals surface area contributed by atoms with Crippen molar-refractivity contribution in [1.82, 2.24) is 0 Å². The molecule has 1 nitrogen and oxygen atoms in total. The number of allylic oxidation sites excluding steroid dienone is 1. The molecule has 1 aliphatic carbocycles. The van der Waals surface area contributed by atoms with Crippen LogP contribution in [0.3, 0.4) is 0 Å². The first kappa shape index (κ1) is 13.0. The Balaban J connectivity index is 2.17. The van der Waals surface area contributed by atoms with E-state index in [4.69, 9.17) is 5.73 Å². The Morgan fingerprint density at radius 3 is 2.55 bits per heavy atom. The number of aryl methyl sites for hydroxylation is 1. The van der Waals surface area contributed by atoms with Gasteiger partial charge in [0.25, 0.3) is 0 Å². The highest BCUT2D eigenvalue weighted by atomic mass is 14.5. The molecule has 0 aliphatic heterocycles. The van der Waals surface area contributed by atoms with Gasteiger partial charge in [0.1, 0.15) is 0 Å². The summed E-state index contributed by atoms with van der Waals surface area (Å²) in [7, 11) is 0. The molecule has 0 aromatic heterocycles. The third-order valence-electron chi connectivity index (χ3n) is 4.51. The highest BCUT2D eigenvalue weighted by Gasteiger charge is 2.36. The van der Waals surface area contributed by atoms with Crippen LogP contribution in [0.15, 0.2) is 66.9 Å². The van der Waals surface area contributed by atoms with Gasteiger partial charge in [-0.25, -0.2) is 0 Å². The van der Waals surface area contributed by atoms with E-state index in [1.54, 1.807) is 6.20 Å². The Bertz CT molecular complexity index is 600. The van der Waals surface area contributed by atoms with Gasteiger partial charge in [-0.15, -0.1) is 0 Å². The molecule has 1 unspecified atom stereocenters. The monoisotopic (exact) mass is 263 g/mol. The van der Waals surface area contributed by atoms with Crippen molar-refractivity contribution in [3.8, 4) is 0 Å². The Morgan fingerprint density at radius 1 is 1.00 bits per heavy atom. The molecular weight excluding hydrogens is 242 g/mol. The van der Waals surface area contributed by atoms with E-state index >= 15 is 0 Å². The van der Waals surface area contributed by atoms with Crippen molar-refractivity contribution in [2.24, 2.45) is 5.73 Å². The third-order valence-corrected chi connectivity index (χ3v) is 4.51. The lowest BCUT2D eigenvalue weighted by Crippen LogP contribution is -2.31. The van der Waals surface area contributed by atoms with Crippen molar-refractivity contribution in [2.45, 2.75) is 31.1 Å². The van der Waals surface area contributed by atoms with Crippen molar-refractivity contribution in [3.63, 3.8) is 0 Å². The summed E-state index contributed by atoms with van der Waals surface area (Å²) in [5, 5.41) is 0. The van der Waals surface area contributed by atoms with E-state index in [1.165, 1.54) is 36.0 Å². The number of fused-ring (bicyclic) bond motifs is 1. The van der Waals surface area contributed by atoms with Crippen LogP contribution in [0.4, 0.5) is 0 Å². The van der Waals surface area contributed by atoms with Gasteiger partial charge < -0.3 is 5.73 Å². The molecule has 102 valence electrons. The maximum atomic E-state index is 5.62. The molecule has 3 rings (SSSR count). The highest BCUT2D eigenvalue weighted by molar-refractivity contribution is 5.46. The van der Waals surface area contributed by atoms with Crippen LogP contribution in [0, 0.1) is 0 Å². The summed E-state index contributed by atoms with van der Waals surface area (Å²) < 4.78 is 0. The molecule has 0 saturated carbocycles. The molecule has 2 N–H and O–H groups in total. The van der Waals surface area contributed by atoms with E-state index in [0.717, 1.165) is 6.42 Å². The Hall–Kier alpha value is -2.02. The number of hydrogen-bond acceptors (Lipinski definition) is 1. The fourth-order valence-electron chi connectivity index (χ4n) is 3.58. The van der Waals surface area contributed by atoms with Crippen molar-refractivity contribution in [1.29, 1.82) is 0 Å². The van der Waals surface area contributed by atoms with E-state index in [9.17, 15) is 0 Å². The van der Waals surface area contributed by atoms with Crippen molar-refractivity contribution in [3.05, 3.63) is 83.6 Å². The first-order valence-electron chi connectivity index (χ1n) is 7.37. The van der Waals surface area contributed by atoms with Crippen LogP contribution < -0.4 is 5.73 Å². The van der Waals surface area contributed by atoms with Gasteiger partial charge in [-0.1, -0.05) is 60.7 Å². The van der Waals surface area contributed by atoms with Gasteiger partial charge in [0.15, 0.2) is 0 Å². The molecular formula is C19H21N. The molecule has 0 radical (unpaired) electrons. The van der Waals surface area contributed by atoms with Crippen LogP contribution in [-0.4, -0.2) is 0 Å². The van der Waals surface area contributed by atoms with E-state index < -0.39 is 0 Å². The van der Waals surface area contributed by atoms with E-state index in [-0.39, 0.29) is 5.41 Å². The van der Waals surface area contributed by atoms with Crippen molar-refractivity contribution in [2.75, 3.05) is 0 Å². The van der Waals surface area contributed by atoms with Gasteiger partial charge in [0.05, 0.1) is 0 Å². The highest BCUT2D eigenvalue weighted by Crippen LogP contribution is 2.45. The molecule has 1 aliphatic rings. The number of nitrogens with two attached hydrogens (primary N) is 1. The van der Waals surface area contributed by atoms with E-state index in [2.05, 4.69) is 60.7 Å². The second kappa shape index (κ2) is 5.54. The first-order valence-corrected chi connectivity index (χ1v) is 7.37. The first-order chi connectivity index (χ1) is 9.87. The van der Waals surface area contributed by atoms with Crippen LogP contribution in [0.2, 0.25) is 0 Å². The molecule has 0 saturated heterocycles. The van der Waals surface area contributed by atoms with Gasteiger partial charge in [-0.3, -0.25) is 0 Å². The lowest BCUT2D eigenvalue weighted by molar-refractivity contribution is 0.431. The summed E-state index contributed by atoms with van der Waals surface area (Å²) in [6.07, 6.45) is 8.39. The third kappa shape index (κ3) is 2.14. The zero-order valence-corrected chi connectivity index (χ0v) is 11.8. The maximum absolute atomic E-state index is 5.62. The standard InChI is InChI=1S/C19H21N/c20-15-7-14-19(17-10-2-1-3-11-17)13-6-9-16-8-4-5-12-18(16)19/h1-5,7-8,10-12,15H,6,9,13-14,20H2/b15-7+. The molecule has 0 amide bonds. The summed E-state index contributed by atoms with van der Waals surface area (Å²) in [4.78, 5) is 0. The molecule has 1 heteroatoms. The molecule has 20 heavy (non-hydrogen) atoms. The van der Waals surface area contributed by atoms with Crippen molar-refractivity contribution >= 4 is 0 Å². The van der Waals surface area contributed by atoms with Gasteiger partial charge in [-0.05, 0) is 48.6 Å². The number of hydrogen-bond donors (Lipinski definition) is 1. The average Bonchev–Trinajstić information content (AvgIpc) is 2.54. The molecule has 0 fully saturated rings. The normalized spacial score (nSPS) is 21.8. The molecule has 0 spiro atoms. The summed E-state index contributed by atoms with van der Waals surface area (Å²) in [6.45, 7) is 0. The van der Waals surface area contributed by atoms with Gasteiger partial charge in [0.2, 0.25) is 0 Å². The second-order valence-corrected chi connectivity index (χ2v) is 5.59. The number of benzene rings is 2. The lowest BCUT2D eigenvalue weighted by atomic mass is 9.64. The quantitative estimate of drug-likeness (QED) is 0.883. The van der Waals surface area contributed by atoms with Crippen LogP contribution in [0.5, 0.6) is 0 Å². The fraction of sp³-hybridized carbons (Fsp3) is 0.263. The Kier molecular flexibility index (Phi) is 3.60. The summed E-state index contributed by atoms with van der Waals surface area (Å²) >= 11 is 0. The second-order valence-electron chi connectivity index (χ2n) is 5.59. The van der Waals surface area contributed by atoms with Gasteiger partial charge >= 0.3 is 0 Å². The topological polar surface area (TPSA) is 26.0 Å². The minimum absolute atomic E-state index is 0.0893. The summed E-state index contributed by atoms with van der Waals surface area (Å²) in [5.41, 5.74) is 10.1. The summed E-state index contributed by atoms with van der Waals surface area (Å²) in [5.74, 6) is 0. The molecule has 1 atom stereocenters. The fourth-order valence-corrected chi connectivity index (χ4v) is 3.58. The predicted molar refractivity (Wildman–Crippen MR) is 84.5 cm³/mol. The predicted octanol–water partition coefficient (Wildman–Crippen LogP) is 4.17. The number of rotatable bonds is 3. The Labute approximate surface area is 121 Å². The van der Waals surface area contributed by atoms with Crippen LogP contribution in [-0.2, 0) is 11.8 Å². The Morgan fingerprint density at radius 2 is 1.75 bits per heavy atom. The van der Waals surface area contributed by atoms with Crippen LogP contribution in [0.1, 0.15) is 36.0 Å². The summed E-state index contributed by atoms with van der Waals surface area (Å²) in [6, 6.07) is 19.8. The minimum Gasteiger partial charge on any atom is -0.405 e. The van der Waals surface area contributed by atoms with Crippen molar-refractivity contribution < 1.29 is 0 Å². The maximum Gasteiger partial charge on any atom is 0.0240 e. The molecule has 2 aromatic rings. The average molecular weight is 263 g/mol. The van der Waals surface area contributed by atoms with Crippen LogP contribution in [0.25, 0.3) is 0 Å². The lowest BCUT2D eigenvalue weighted by Gasteiger charge is -2.39. The van der Waals surface area contributed by atoms with Gasteiger partial charge in [0, 0.05) is 5.41 Å². The largest absolute Gasteiger partial charge is 0.405 e. The van der Waals surface area contributed by atoms with Crippen LogP contribution >= 0.6 is 0 Å². The van der Waals surface area contributed by atoms with Gasteiger partial charge in [-0.2, -0.15) is 0 Å². The molecule has 2 aromatic carbocycles. The molecule has 0 bridgehead atoms.